The number of benzene rings is 1. The summed E-state index contributed by atoms with van der Waals surface area (Å²) >= 11 is 0. The molecule has 2 aliphatic rings. The zero-order valence-electron chi connectivity index (χ0n) is 17.3. The highest BCUT2D eigenvalue weighted by molar-refractivity contribution is 5.89. The Bertz CT molecular complexity index is 891. The monoisotopic (exact) mass is 400 g/mol. The minimum atomic E-state index is -0.311. The summed E-state index contributed by atoms with van der Waals surface area (Å²) < 4.78 is 8.45. The molecule has 1 aliphatic carbocycles. The van der Waals surface area contributed by atoms with Gasteiger partial charge in [-0.2, -0.15) is 0 Å². The molecule has 7 nitrogen and oxygen atoms in total. The van der Waals surface area contributed by atoms with Crippen LogP contribution in [0.4, 0.5) is 4.79 Å². The van der Waals surface area contributed by atoms with Gasteiger partial charge in [-0.3, -0.25) is 9.47 Å². The third-order valence-electron chi connectivity index (χ3n) is 6.49. The van der Waals surface area contributed by atoms with Crippen molar-refractivity contribution in [2.75, 3.05) is 32.8 Å². The fourth-order valence-corrected chi connectivity index (χ4v) is 4.70. The van der Waals surface area contributed by atoms with E-state index in [1.54, 1.807) is 4.57 Å². The second-order valence-corrected chi connectivity index (χ2v) is 8.35. The third kappa shape index (κ3) is 4.41. The van der Waals surface area contributed by atoms with Crippen LogP contribution in [0.5, 0.6) is 0 Å². The number of hydrogen-bond donors (Lipinski definition) is 1. The molecule has 2 fully saturated rings. The summed E-state index contributed by atoms with van der Waals surface area (Å²) in [6.45, 7) is 6.64. The number of morpholine rings is 1. The number of ether oxygens (including phenoxy) is 1. The van der Waals surface area contributed by atoms with Crippen LogP contribution in [-0.4, -0.2) is 59.0 Å². The Balaban J connectivity index is 1.54. The number of rotatable bonds is 5. The Morgan fingerprint density at radius 3 is 2.52 bits per heavy atom. The molecular weight excluding hydrogens is 368 g/mol. The first-order valence-electron chi connectivity index (χ1n) is 11.0. The summed E-state index contributed by atoms with van der Waals surface area (Å²) in [4.78, 5) is 28.5. The number of amides is 1. The van der Waals surface area contributed by atoms with Crippen molar-refractivity contribution in [1.82, 2.24) is 19.4 Å². The SMILES string of the molecule is C[C@H](NC(=O)n1c(=O)n(CCN2CCOCC2)c2ccccc21)C1CCCCC1. The van der Waals surface area contributed by atoms with E-state index in [0.29, 0.717) is 18.0 Å². The zero-order valence-corrected chi connectivity index (χ0v) is 17.3. The molecule has 0 bridgehead atoms. The molecular formula is C22H32N4O3. The predicted molar refractivity (Wildman–Crippen MR) is 113 cm³/mol. The van der Waals surface area contributed by atoms with E-state index >= 15 is 0 Å². The Kier molecular flexibility index (Phi) is 6.35. The van der Waals surface area contributed by atoms with Crippen LogP contribution in [-0.2, 0) is 11.3 Å². The van der Waals surface area contributed by atoms with Gasteiger partial charge in [0.1, 0.15) is 0 Å². The normalized spacial score (nSPS) is 20.0. The summed E-state index contributed by atoms with van der Waals surface area (Å²) in [5, 5.41) is 3.10. The van der Waals surface area contributed by atoms with Gasteiger partial charge < -0.3 is 10.1 Å². The van der Waals surface area contributed by atoms with Crippen LogP contribution in [0.15, 0.2) is 29.1 Å². The van der Waals surface area contributed by atoms with Gasteiger partial charge in [-0.1, -0.05) is 31.4 Å². The van der Waals surface area contributed by atoms with E-state index in [1.807, 2.05) is 24.3 Å². The molecule has 1 saturated carbocycles. The van der Waals surface area contributed by atoms with Crippen LogP contribution >= 0.6 is 0 Å². The molecule has 0 unspecified atom stereocenters. The second kappa shape index (κ2) is 9.13. The number of para-hydroxylation sites is 2. The largest absolute Gasteiger partial charge is 0.379 e. The van der Waals surface area contributed by atoms with Crippen LogP contribution in [0.25, 0.3) is 11.0 Å². The number of hydrogen-bond acceptors (Lipinski definition) is 4. The van der Waals surface area contributed by atoms with Crippen molar-refractivity contribution in [2.45, 2.75) is 51.6 Å². The number of fused-ring (bicyclic) bond motifs is 1. The molecule has 4 rings (SSSR count). The van der Waals surface area contributed by atoms with Crippen molar-refractivity contribution in [3.63, 3.8) is 0 Å². The first-order valence-corrected chi connectivity index (χ1v) is 11.0. The van der Waals surface area contributed by atoms with Crippen molar-refractivity contribution in [2.24, 2.45) is 5.92 Å². The van der Waals surface area contributed by atoms with Crippen LogP contribution in [0.1, 0.15) is 39.0 Å². The number of imidazole rings is 1. The molecule has 1 N–H and O–H groups in total. The molecule has 29 heavy (non-hydrogen) atoms. The van der Waals surface area contributed by atoms with E-state index < -0.39 is 0 Å². The number of aromatic nitrogens is 2. The first-order chi connectivity index (χ1) is 14.1. The first kappa shape index (κ1) is 20.2. The molecule has 1 saturated heterocycles. The van der Waals surface area contributed by atoms with Gasteiger partial charge in [0.15, 0.2) is 0 Å². The minimum Gasteiger partial charge on any atom is -0.379 e. The van der Waals surface area contributed by atoms with E-state index in [4.69, 9.17) is 4.74 Å². The predicted octanol–water partition coefficient (Wildman–Crippen LogP) is 2.66. The fourth-order valence-electron chi connectivity index (χ4n) is 4.70. The van der Waals surface area contributed by atoms with Gasteiger partial charge in [-0.25, -0.2) is 14.2 Å². The van der Waals surface area contributed by atoms with Crippen LogP contribution < -0.4 is 11.0 Å². The molecule has 1 aromatic heterocycles. The van der Waals surface area contributed by atoms with Crippen molar-refractivity contribution in [1.29, 1.82) is 0 Å². The van der Waals surface area contributed by atoms with Gasteiger partial charge in [0.2, 0.25) is 0 Å². The van der Waals surface area contributed by atoms with Crippen molar-refractivity contribution < 1.29 is 9.53 Å². The Morgan fingerprint density at radius 1 is 1.10 bits per heavy atom. The van der Waals surface area contributed by atoms with Gasteiger partial charge in [0.05, 0.1) is 24.2 Å². The number of carbonyl (C=O) groups excluding carboxylic acids is 1. The molecule has 1 aromatic carbocycles. The topological polar surface area (TPSA) is 68.5 Å². The van der Waals surface area contributed by atoms with Gasteiger partial charge in [-0.05, 0) is 37.8 Å². The summed E-state index contributed by atoms with van der Waals surface area (Å²) in [7, 11) is 0. The van der Waals surface area contributed by atoms with E-state index in [-0.39, 0.29) is 17.8 Å². The minimum absolute atomic E-state index is 0.0742. The highest BCUT2D eigenvalue weighted by Crippen LogP contribution is 2.26. The maximum absolute atomic E-state index is 13.2. The highest BCUT2D eigenvalue weighted by atomic mass is 16.5. The molecule has 1 atom stereocenters. The molecule has 0 radical (unpaired) electrons. The summed E-state index contributed by atoms with van der Waals surface area (Å²) in [6, 6.07) is 7.33. The average molecular weight is 401 g/mol. The number of nitrogens with one attached hydrogen (secondary N) is 1. The molecule has 1 aliphatic heterocycles. The molecule has 0 spiro atoms. The maximum atomic E-state index is 13.2. The van der Waals surface area contributed by atoms with E-state index in [2.05, 4.69) is 17.1 Å². The van der Waals surface area contributed by atoms with Crippen LogP contribution in [0.3, 0.4) is 0 Å². The molecule has 2 heterocycles. The van der Waals surface area contributed by atoms with Gasteiger partial charge in [0, 0.05) is 32.2 Å². The van der Waals surface area contributed by atoms with Crippen molar-refractivity contribution in [3.8, 4) is 0 Å². The molecule has 7 heteroatoms. The Labute approximate surface area is 171 Å². The Hall–Kier alpha value is -2.12. The zero-order chi connectivity index (χ0) is 20.2. The average Bonchev–Trinajstić information content (AvgIpc) is 3.04. The molecule has 1 amide bonds. The lowest BCUT2D eigenvalue weighted by Gasteiger charge is -2.28. The lowest BCUT2D eigenvalue weighted by Crippen LogP contribution is -2.45. The van der Waals surface area contributed by atoms with E-state index in [9.17, 15) is 9.59 Å². The van der Waals surface area contributed by atoms with Crippen LogP contribution in [0.2, 0.25) is 0 Å². The van der Waals surface area contributed by atoms with E-state index in [1.165, 1.54) is 23.8 Å². The third-order valence-corrected chi connectivity index (χ3v) is 6.49. The standard InChI is InChI=1S/C22H32N4O3/c1-17(18-7-3-2-4-8-18)23-21(27)26-20-10-6-5-9-19(20)25(22(26)28)12-11-24-13-15-29-16-14-24/h5-6,9-10,17-18H,2-4,7-8,11-16H2,1H3,(H,23,27)/t17-/m0/s1. The van der Waals surface area contributed by atoms with Gasteiger partial charge in [-0.15, -0.1) is 0 Å². The Morgan fingerprint density at radius 2 is 1.79 bits per heavy atom. The molecule has 2 aromatic rings. The van der Waals surface area contributed by atoms with Crippen molar-refractivity contribution >= 4 is 17.1 Å². The smallest absolute Gasteiger partial charge is 0.337 e. The second-order valence-electron chi connectivity index (χ2n) is 8.35. The lowest BCUT2D eigenvalue weighted by atomic mass is 9.85. The summed E-state index contributed by atoms with van der Waals surface area (Å²) in [6.07, 6.45) is 6.04. The highest BCUT2D eigenvalue weighted by Gasteiger charge is 2.24. The van der Waals surface area contributed by atoms with Gasteiger partial charge in [0.25, 0.3) is 0 Å². The lowest BCUT2D eigenvalue weighted by molar-refractivity contribution is 0.0364. The van der Waals surface area contributed by atoms with Crippen molar-refractivity contribution in [3.05, 3.63) is 34.7 Å². The molecule has 158 valence electrons. The summed E-state index contributed by atoms with van der Waals surface area (Å²) in [5.74, 6) is 0.498. The quantitative estimate of drug-likeness (QED) is 0.838. The van der Waals surface area contributed by atoms with Crippen LogP contribution in [0, 0.1) is 5.92 Å². The number of carbonyl (C=O) groups is 1. The maximum Gasteiger partial charge on any atom is 0.337 e. The fraction of sp³-hybridized carbons (Fsp3) is 0.636. The van der Waals surface area contributed by atoms with E-state index in [0.717, 1.165) is 51.2 Å². The van der Waals surface area contributed by atoms with Gasteiger partial charge >= 0.3 is 11.7 Å². The number of nitrogens with zero attached hydrogens (tertiary/aromatic N) is 3. The summed E-state index contributed by atoms with van der Waals surface area (Å²) in [5.41, 5.74) is 1.23.